The Morgan fingerprint density at radius 1 is 1.38 bits per heavy atom. The number of carbonyl (C=O) groups is 1. The average Bonchev–Trinajstić information content (AvgIpc) is 3.01. The first-order chi connectivity index (χ1) is 11.6. The number of carbonyl (C=O) groups excluding carboxylic acids is 1. The molecule has 3 heterocycles. The summed E-state index contributed by atoms with van der Waals surface area (Å²) in [6.07, 6.45) is 8.54. The fourth-order valence-corrected chi connectivity index (χ4v) is 2.98. The van der Waals surface area contributed by atoms with Crippen LogP contribution < -0.4 is 4.90 Å². The molecule has 2 aromatic heterocycles. The maximum absolute atomic E-state index is 12.3. The first-order valence-electron chi connectivity index (χ1n) is 8.42. The molecule has 0 N–H and O–H groups in total. The predicted octanol–water partition coefficient (Wildman–Crippen LogP) is 2.53. The number of ether oxygens (including phenoxy) is 1. The smallest absolute Gasteiger partial charge is 0.343 e. The van der Waals surface area contributed by atoms with E-state index in [1.54, 1.807) is 24.0 Å². The van der Waals surface area contributed by atoms with E-state index in [9.17, 15) is 4.79 Å². The molecule has 1 atom stereocenters. The van der Waals surface area contributed by atoms with Gasteiger partial charge in [0, 0.05) is 25.0 Å². The van der Waals surface area contributed by atoms with Crippen LogP contribution in [0, 0.1) is 6.92 Å². The Kier molecular flexibility index (Phi) is 4.78. The molecule has 3 rings (SSSR count). The second-order valence-electron chi connectivity index (χ2n) is 6.13. The molecule has 0 radical (unpaired) electrons. The Bertz CT molecular complexity index is 728. The first kappa shape index (κ1) is 16.4. The summed E-state index contributed by atoms with van der Waals surface area (Å²) in [6, 6.07) is 0.328. The standard InChI is InChI=1S/C17H23N5O2/c1-4-24-16(23)14-10-18-17(22-11-12(2)9-19-22)20-15(14)21-8-6-5-7-13(21)3/h9-11,13H,4-8H2,1-3H3/t13-/m0/s1. The molecular weight excluding hydrogens is 306 g/mol. The van der Waals surface area contributed by atoms with Crippen molar-refractivity contribution in [3.63, 3.8) is 0 Å². The van der Waals surface area contributed by atoms with Gasteiger partial charge in [-0.05, 0) is 45.6 Å². The van der Waals surface area contributed by atoms with E-state index in [4.69, 9.17) is 4.74 Å². The van der Waals surface area contributed by atoms with E-state index in [0.717, 1.165) is 24.9 Å². The fraction of sp³-hybridized carbons (Fsp3) is 0.529. The number of anilines is 1. The molecule has 128 valence electrons. The molecule has 2 aromatic rings. The van der Waals surface area contributed by atoms with E-state index in [0.29, 0.717) is 30.0 Å². The zero-order chi connectivity index (χ0) is 17.1. The third-order valence-corrected chi connectivity index (χ3v) is 4.24. The molecule has 0 aliphatic carbocycles. The van der Waals surface area contributed by atoms with Crippen LogP contribution in [0.5, 0.6) is 0 Å². The highest BCUT2D eigenvalue weighted by Crippen LogP contribution is 2.27. The van der Waals surface area contributed by atoms with Crippen molar-refractivity contribution >= 4 is 11.8 Å². The van der Waals surface area contributed by atoms with Crippen molar-refractivity contribution in [3.05, 3.63) is 29.7 Å². The van der Waals surface area contributed by atoms with Crippen LogP contribution in [0.15, 0.2) is 18.6 Å². The van der Waals surface area contributed by atoms with Crippen LogP contribution in [0.1, 0.15) is 49.0 Å². The quantitative estimate of drug-likeness (QED) is 0.803. The summed E-state index contributed by atoms with van der Waals surface area (Å²) in [5.74, 6) is 0.719. The Balaban J connectivity index is 2.04. The highest BCUT2D eigenvalue weighted by atomic mass is 16.5. The molecule has 0 spiro atoms. The number of aryl methyl sites for hydroxylation is 1. The first-order valence-corrected chi connectivity index (χ1v) is 8.42. The van der Waals surface area contributed by atoms with Gasteiger partial charge in [0.25, 0.3) is 5.95 Å². The van der Waals surface area contributed by atoms with Crippen LogP contribution >= 0.6 is 0 Å². The summed E-state index contributed by atoms with van der Waals surface area (Å²) < 4.78 is 6.80. The fourth-order valence-electron chi connectivity index (χ4n) is 2.98. The van der Waals surface area contributed by atoms with Crippen molar-refractivity contribution < 1.29 is 9.53 Å². The van der Waals surface area contributed by atoms with Gasteiger partial charge in [0.15, 0.2) is 0 Å². The van der Waals surface area contributed by atoms with E-state index in [-0.39, 0.29) is 5.97 Å². The molecule has 0 amide bonds. The van der Waals surface area contributed by atoms with Gasteiger partial charge in [-0.3, -0.25) is 0 Å². The maximum Gasteiger partial charge on any atom is 0.343 e. The Morgan fingerprint density at radius 2 is 2.21 bits per heavy atom. The molecule has 1 fully saturated rings. The minimum atomic E-state index is -0.381. The minimum Gasteiger partial charge on any atom is -0.462 e. The van der Waals surface area contributed by atoms with Gasteiger partial charge in [-0.25, -0.2) is 14.5 Å². The number of hydrogen-bond donors (Lipinski definition) is 0. The van der Waals surface area contributed by atoms with Gasteiger partial charge < -0.3 is 9.64 Å². The molecular formula is C17H23N5O2. The molecule has 0 unspecified atom stereocenters. The van der Waals surface area contributed by atoms with Crippen molar-refractivity contribution in [1.82, 2.24) is 19.7 Å². The van der Waals surface area contributed by atoms with Crippen LogP contribution in [-0.4, -0.2) is 44.9 Å². The Morgan fingerprint density at radius 3 is 2.88 bits per heavy atom. The third-order valence-electron chi connectivity index (χ3n) is 4.24. The highest BCUT2D eigenvalue weighted by Gasteiger charge is 2.26. The second-order valence-corrected chi connectivity index (χ2v) is 6.13. The number of hydrogen-bond acceptors (Lipinski definition) is 6. The molecule has 0 bridgehead atoms. The van der Waals surface area contributed by atoms with Crippen LogP contribution in [0.2, 0.25) is 0 Å². The molecule has 0 saturated carbocycles. The number of esters is 1. The van der Waals surface area contributed by atoms with Crippen molar-refractivity contribution in [3.8, 4) is 5.95 Å². The van der Waals surface area contributed by atoms with Gasteiger partial charge in [0.1, 0.15) is 11.4 Å². The molecule has 1 aliphatic rings. The average molecular weight is 329 g/mol. The van der Waals surface area contributed by atoms with E-state index in [1.165, 1.54) is 6.42 Å². The summed E-state index contributed by atoms with van der Waals surface area (Å²) in [6.45, 7) is 7.12. The van der Waals surface area contributed by atoms with Crippen LogP contribution in [0.3, 0.4) is 0 Å². The lowest BCUT2D eigenvalue weighted by molar-refractivity contribution is 0.0526. The minimum absolute atomic E-state index is 0.327. The topological polar surface area (TPSA) is 73.1 Å². The molecule has 7 heteroatoms. The molecule has 7 nitrogen and oxygen atoms in total. The SMILES string of the molecule is CCOC(=O)c1cnc(-n2cc(C)cn2)nc1N1CCCC[C@@H]1C. The summed E-state index contributed by atoms with van der Waals surface area (Å²) in [7, 11) is 0. The van der Waals surface area contributed by atoms with Crippen LogP contribution in [0.25, 0.3) is 5.95 Å². The summed E-state index contributed by atoms with van der Waals surface area (Å²) in [5, 5.41) is 4.26. The predicted molar refractivity (Wildman–Crippen MR) is 90.5 cm³/mol. The lowest BCUT2D eigenvalue weighted by atomic mass is 10.0. The normalized spacial score (nSPS) is 17.8. The zero-order valence-corrected chi connectivity index (χ0v) is 14.4. The van der Waals surface area contributed by atoms with Gasteiger partial charge in [-0.15, -0.1) is 0 Å². The van der Waals surface area contributed by atoms with E-state index >= 15 is 0 Å². The number of rotatable bonds is 4. The van der Waals surface area contributed by atoms with Gasteiger partial charge in [0.05, 0.1) is 12.8 Å². The van der Waals surface area contributed by atoms with Crippen molar-refractivity contribution in [2.75, 3.05) is 18.1 Å². The molecule has 0 aromatic carbocycles. The van der Waals surface area contributed by atoms with Crippen LogP contribution in [-0.2, 0) is 4.74 Å². The lowest BCUT2D eigenvalue weighted by Gasteiger charge is -2.35. The van der Waals surface area contributed by atoms with Crippen molar-refractivity contribution in [1.29, 1.82) is 0 Å². The number of nitrogens with zero attached hydrogens (tertiary/aromatic N) is 5. The molecule has 24 heavy (non-hydrogen) atoms. The van der Waals surface area contributed by atoms with E-state index in [1.807, 2.05) is 13.1 Å². The second kappa shape index (κ2) is 6.98. The monoisotopic (exact) mass is 329 g/mol. The lowest BCUT2D eigenvalue weighted by Crippen LogP contribution is -2.39. The van der Waals surface area contributed by atoms with Gasteiger partial charge in [0.2, 0.25) is 0 Å². The van der Waals surface area contributed by atoms with E-state index < -0.39 is 0 Å². The van der Waals surface area contributed by atoms with Gasteiger partial charge in [-0.1, -0.05) is 0 Å². The summed E-state index contributed by atoms with van der Waals surface area (Å²) >= 11 is 0. The third kappa shape index (κ3) is 3.25. The van der Waals surface area contributed by atoms with Crippen molar-refractivity contribution in [2.24, 2.45) is 0 Å². The van der Waals surface area contributed by atoms with Crippen LogP contribution in [0.4, 0.5) is 5.82 Å². The Labute approximate surface area is 141 Å². The summed E-state index contributed by atoms with van der Waals surface area (Å²) in [5.41, 5.74) is 1.44. The largest absolute Gasteiger partial charge is 0.462 e. The van der Waals surface area contributed by atoms with Crippen molar-refractivity contribution in [2.45, 2.75) is 46.1 Å². The molecule has 1 saturated heterocycles. The summed E-state index contributed by atoms with van der Waals surface area (Å²) in [4.78, 5) is 23.4. The zero-order valence-electron chi connectivity index (χ0n) is 14.4. The van der Waals surface area contributed by atoms with Gasteiger partial charge in [-0.2, -0.15) is 10.1 Å². The number of piperidine rings is 1. The van der Waals surface area contributed by atoms with Gasteiger partial charge >= 0.3 is 5.97 Å². The highest BCUT2D eigenvalue weighted by molar-refractivity contribution is 5.94. The van der Waals surface area contributed by atoms with E-state index in [2.05, 4.69) is 26.9 Å². The molecule has 1 aliphatic heterocycles. The maximum atomic E-state index is 12.3. The number of aromatic nitrogens is 4. The Hall–Kier alpha value is -2.44.